The van der Waals surface area contributed by atoms with Crippen LogP contribution >= 0.6 is 0 Å². The monoisotopic (exact) mass is 250 g/mol. The lowest BCUT2D eigenvalue weighted by molar-refractivity contribution is 0.259. The zero-order valence-corrected chi connectivity index (χ0v) is 11.2. The van der Waals surface area contributed by atoms with Gasteiger partial charge in [0.15, 0.2) is 0 Å². The summed E-state index contributed by atoms with van der Waals surface area (Å²) >= 11 is 0. The molecule has 19 heavy (non-hydrogen) atoms. The highest BCUT2D eigenvalue weighted by Gasteiger charge is 2.33. The second-order valence-electron chi connectivity index (χ2n) is 4.73. The summed E-state index contributed by atoms with van der Waals surface area (Å²) in [5.74, 6) is 0. The highest BCUT2D eigenvalue weighted by Crippen LogP contribution is 2.35. The lowest BCUT2D eigenvalue weighted by atomic mass is 9.84. The van der Waals surface area contributed by atoms with E-state index in [9.17, 15) is 5.26 Å². The van der Waals surface area contributed by atoms with E-state index in [0.29, 0.717) is 5.69 Å². The molecule has 4 heteroatoms. The Morgan fingerprint density at radius 1 is 1.26 bits per heavy atom. The van der Waals surface area contributed by atoms with Gasteiger partial charge < -0.3 is 4.90 Å². The summed E-state index contributed by atoms with van der Waals surface area (Å²) in [4.78, 5) is 6.15. The van der Waals surface area contributed by atoms with Gasteiger partial charge in [0.2, 0.25) is 0 Å². The first kappa shape index (κ1) is 12.9. The van der Waals surface area contributed by atoms with E-state index in [1.54, 1.807) is 6.07 Å². The third kappa shape index (κ3) is 1.98. The summed E-state index contributed by atoms with van der Waals surface area (Å²) in [6, 6.07) is 5.82. The first-order chi connectivity index (χ1) is 9.02. The smallest absolute Gasteiger partial charge is 0.148 e. The molecule has 1 aromatic heterocycles. The Bertz CT molecular complexity index is 658. The minimum atomic E-state index is -0.426. The largest absolute Gasteiger partial charge is 0.367 e. The molecule has 0 aliphatic carbocycles. The Balaban J connectivity index is 2.70. The molecule has 2 heterocycles. The molecule has 1 atom stereocenters. The van der Waals surface area contributed by atoms with Crippen molar-refractivity contribution in [2.75, 3.05) is 7.05 Å². The van der Waals surface area contributed by atoms with Crippen molar-refractivity contribution in [2.24, 2.45) is 0 Å². The Labute approximate surface area is 112 Å². The number of nitrogens with zero attached hydrogens (tertiary/aromatic N) is 4. The van der Waals surface area contributed by atoms with Gasteiger partial charge >= 0.3 is 0 Å². The molecular formula is C15H14N4. The summed E-state index contributed by atoms with van der Waals surface area (Å²) in [6.45, 7) is 3.94. The average Bonchev–Trinajstić information content (AvgIpc) is 2.41. The van der Waals surface area contributed by atoms with Crippen molar-refractivity contribution in [3.05, 3.63) is 53.0 Å². The van der Waals surface area contributed by atoms with Gasteiger partial charge in [-0.2, -0.15) is 10.5 Å². The number of rotatable bonds is 1. The zero-order chi connectivity index (χ0) is 14.0. The number of pyridine rings is 1. The standard InChI is InChI=1S/C15H14N4/c1-11-8-12(9-16)18-13(10-17)14(11)15(2)6-4-5-7-19(15)3/h4-8H,1-3H3. The number of hydrogen-bond donors (Lipinski definition) is 0. The normalized spacial score (nSPS) is 21.0. The van der Waals surface area contributed by atoms with E-state index >= 15 is 0 Å². The van der Waals surface area contributed by atoms with Crippen LogP contribution in [0.15, 0.2) is 30.5 Å². The molecule has 1 aliphatic heterocycles. The molecule has 0 amide bonds. The summed E-state index contributed by atoms with van der Waals surface area (Å²) in [6.07, 6.45) is 7.89. The predicted molar refractivity (Wildman–Crippen MR) is 71.8 cm³/mol. The molecule has 0 saturated carbocycles. The van der Waals surface area contributed by atoms with Crippen molar-refractivity contribution in [3.8, 4) is 12.1 Å². The quantitative estimate of drug-likeness (QED) is 0.767. The lowest BCUT2D eigenvalue weighted by Crippen LogP contribution is -2.38. The number of nitriles is 2. The molecule has 0 bridgehead atoms. The van der Waals surface area contributed by atoms with Gasteiger partial charge in [-0.3, -0.25) is 0 Å². The highest BCUT2D eigenvalue weighted by molar-refractivity contribution is 5.48. The minimum Gasteiger partial charge on any atom is -0.367 e. The molecule has 2 rings (SSSR count). The maximum Gasteiger partial charge on any atom is 0.148 e. The summed E-state index contributed by atoms with van der Waals surface area (Å²) in [5, 5.41) is 18.3. The van der Waals surface area contributed by atoms with Crippen LogP contribution in [0.25, 0.3) is 0 Å². The van der Waals surface area contributed by atoms with E-state index in [1.165, 1.54) is 0 Å². The van der Waals surface area contributed by atoms with Gasteiger partial charge in [0.25, 0.3) is 0 Å². The number of aromatic nitrogens is 1. The Hall–Kier alpha value is -2.59. The molecule has 0 radical (unpaired) electrons. The van der Waals surface area contributed by atoms with Gasteiger partial charge in [-0.05, 0) is 37.8 Å². The van der Waals surface area contributed by atoms with Crippen LogP contribution in [0, 0.1) is 29.6 Å². The SMILES string of the molecule is Cc1cc(C#N)nc(C#N)c1C1(C)C=CC=CN1C. The van der Waals surface area contributed by atoms with Crippen molar-refractivity contribution < 1.29 is 0 Å². The third-order valence-corrected chi connectivity index (χ3v) is 3.52. The average molecular weight is 250 g/mol. The second kappa shape index (κ2) is 4.59. The van der Waals surface area contributed by atoms with E-state index in [0.717, 1.165) is 11.1 Å². The van der Waals surface area contributed by atoms with E-state index in [-0.39, 0.29) is 5.69 Å². The van der Waals surface area contributed by atoms with Crippen molar-refractivity contribution in [2.45, 2.75) is 19.4 Å². The molecule has 0 spiro atoms. The molecule has 0 saturated heterocycles. The fourth-order valence-corrected chi connectivity index (χ4v) is 2.40. The van der Waals surface area contributed by atoms with E-state index in [4.69, 9.17) is 5.26 Å². The molecule has 0 fully saturated rings. The van der Waals surface area contributed by atoms with E-state index in [1.807, 2.05) is 56.3 Å². The van der Waals surface area contributed by atoms with Crippen molar-refractivity contribution in [1.29, 1.82) is 10.5 Å². The molecule has 0 aromatic carbocycles. The van der Waals surface area contributed by atoms with Crippen LogP contribution in [0.5, 0.6) is 0 Å². The Morgan fingerprint density at radius 2 is 2.00 bits per heavy atom. The molecular weight excluding hydrogens is 236 g/mol. The number of allylic oxidation sites excluding steroid dienone is 2. The molecule has 94 valence electrons. The highest BCUT2D eigenvalue weighted by atomic mass is 15.2. The van der Waals surface area contributed by atoms with Gasteiger partial charge in [-0.1, -0.05) is 12.2 Å². The fourth-order valence-electron chi connectivity index (χ4n) is 2.40. The van der Waals surface area contributed by atoms with Crippen LogP contribution in [0.4, 0.5) is 0 Å². The van der Waals surface area contributed by atoms with Gasteiger partial charge in [-0.15, -0.1) is 0 Å². The summed E-state index contributed by atoms with van der Waals surface area (Å²) < 4.78 is 0. The molecule has 1 aliphatic rings. The number of aryl methyl sites for hydroxylation is 1. The third-order valence-electron chi connectivity index (χ3n) is 3.52. The van der Waals surface area contributed by atoms with Crippen LogP contribution in [0.2, 0.25) is 0 Å². The first-order valence-electron chi connectivity index (χ1n) is 5.94. The Kier molecular flexibility index (Phi) is 3.10. The minimum absolute atomic E-state index is 0.277. The Morgan fingerprint density at radius 3 is 2.58 bits per heavy atom. The summed E-state index contributed by atoms with van der Waals surface area (Å²) in [7, 11) is 1.96. The van der Waals surface area contributed by atoms with Crippen molar-refractivity contribution in [1.82, 2.24) is 9.88 Å². The number of hydrogen-bond acceptors (Lipinski definition) is 4. The molecule has 1 aromatic rings. The van der Waals surface area contributed by atoms with Gasteiger partial charge in [0.1, 0.15) is 23.5 Å². The maximum absolute atomic E-state index is 9.31. The molecule has 0 N–H and O–H groups in total. The van der Waals surface area contributed by atoms with Crippen LogP contribution in [-0.4, -0.2) is 16.9 Å². The summed E-state index contributed by atoms with van der Waals surface area (Å²) in [5.41, 5.74) is 1.91. The van der Waals surface area contributed by atoms with Crippen LogP contribution < -0.4 is 0 Å². The van der Waals surface area contributed by atoms with E-state index < -0.39 is 5.54 Å². The van der Waals surface area contributed by atoms with Gasteiger partial charge in [0.05, 0.1) is 5.54 Å². The van der Waals surface area contributed by atoms with Crippen LogP contribution in [-0.2, 0) is 5.54 Å². The van der Waals surface area contributed by atoms with Crippen LogP contribution in [0.3, 0.4) is 0 Å². The first-order valence-corrected chi connectivity index (χ1v) is 5.94. The maximum atomic E-state index is 9.31. The topological polar surface area (TPSA) is 63.7 Å². The second-order valence-corrected chi connectivity index (χ2v) is 4.73. The molecule has 1 unspecified atom stereocenters. The lowest BCUT2D eigenvalue weighted by Gasteiger charge is -2.39. The zero-order valence-electron chi connectivity index (χ0n) is 11.2. The fraction of sp³-hybridized carbons (Fsp3) is 0.267. The van der Waals surface area contributed by atoms with Gasteiger partial charge in [-0.25, -0.2) is 4.98 Å². The van der Waals surface area contributed by atoms with Crippen molar-refractivity contribution in [3.63, 3.8) is 0 Å². The number of likely N-dealkylation sites (N-methyl/N-ethyl adjacent to an activating group) is 1. The van der Waals surface area contributed by atoms with Gasteiger partial charge in [0, 0.05) is 12.6 Å². The molecule has 4 nitrogen and oxygen atoms in total. The van der Waals surface area contributed by atoms with Crippen LogP contribution in [0.1, 0.15) is 29.4 Å². The predicted octanol–water partition coefficient (Wildman–Crippen LogP) is 2.36. The van der Waals surface area contributed by atoms with Crippen molar-refractivity contribution >= 4 is 0 Å². The van der Waals surface area contributed by atoms with E-state index in [2.05, 4.69) is 11.1 Å².